The topological polar surface area (TPSA) is 80.2 Å². The smallest absolute Gasteiger partial charge is 0.262 e. The number of hydrogen-bond acceptors (Lipinski definition) is 8. The van der Waals surface area contributed by atoms with Crippen LogP contribution in [0.3, 0.4) is 0 Å². The largest absolute Gasteiger partial charge is 0.492 e. The van der Waals surface area contributed by atoms with Crippen molar-refractivity contribution in [1.82, 2.24) is 20.3 Å². The first-order valence-corrected chi connectivity index (χ1v) is 11.5. The molecule has 0 fully saturated rings. The van der Waals surface area contributed by atoms with Gasteiger partial charge in [0.1, 0.15) is 34.3 Å². The Morgan fingerprint density at radius 2 is 1.97 bits per heavy atom. The van der Waals surface area contributed by atoms with Crippen LogP contribution in [0.5, 0.6) is 5.75 Å². The molecule has 3 heterocycles. The maximum absolute atomic E-state index is 12.8. The minimum Gasteiger partial charge on any atom is -0.492 e. The van der Waals surface area contributed by atoms with E-state index in [2.05, 4.69) is 27.2 Å². The summed E-state index contributed by atoms with van der Waals surface area (Å²) in [7, 11) is 1.97. The van der Waals surface area contributed by atoms with Gasteiger partial charge in [-0.2, -0.15) is 0 Å². The van der Waals surface area contributed by atoms with Gasteiger partial charge in [0.25, 0.3) is 5.91 Å². The average Bonchev–Trinajstić information content (AvgIpc) is 3.41. The standard InChI is InChI=1S/C22H23N5O2S2/c1-14-4-6-16(7-5-14)29-10-9-27(3)20-18-15(2)19(31-22(18)26-13-25-20)21(28)24-12-17-23-8-11-30-17/h4-8,11,13H,9-10,12H2,1-3H3,(H,24,28). The highest BCUT2D eigenvalue weighted by molar-refractivity contribution is 7.20. The van der Waals surface area contributed by atoms with Gasteiger partial charge in [-0.3, -0.25) is 4.79 Å². The summed E-state index contributed by atoms with van der Waals surface area (Å²) in [6.45, 7) is 5.59. The number of rotatable bonds is 8. The van der Waals surface area contributed by atoms with Crippen molar-refractivity contribution in [3.05, 3.63) is 63.2 Å². The number of anilines is 1. The van der Waals surface area contributed by atoms with Gasteiger partial charge in [-0.05, 0) is 31.5 Å². The van der Waals surface area contributed by atoms with Gasteiger partial charge < -0.3 is 15.0 Å². The van der Waals surface area contributed by atoms with E-state index in [0.717, 1.165) is 32.4 Å². The van der Waals surface area contributed by atoms with Gasteiger partial charge in [0.15, 0.2) is 0 Å². The van der Waals surface area contributed by atoms with Crippen LogP contribution in [0.4, 0.5) is 5.82 Å². The van der Waals surface area contributed by atoms with Crippen LogP contribution in [-0.4, -0.2) is 41.1 Å². The molecule has 4 rings (SSSR count). The van der Waals surface area contributed by atoms with Crippen LogP contribution in [0.15, 0.2) is 42.2 Å². The lowest BCUT2D eigenvalue weighted by Gasteiger charge is -2.19. The Balaban J connectivity index is 1.47. The van der Waals surface area contributed by atoms with Crippen LogP contribution >= 0.6 is 22.7 Å². The highest BCUT2D eigenvalue weighted by atomic mass is 32.1. The van der Waals surface area contributed by atoms with Crippen LogP contribution < -0.4 is 15.0 Å². The number of aromatic nitrogens is 3. The quantitative estimate of drug-likeness (QED) is 0.430. The number of aryl methyl sites for hydroxylation is 2. The number of nitrogens with zero attached hydrogens (tertiary/aromatic N) is 4. The fourth-order valence-electron chi connectivity index (χ4n) is 3.18. The third-order valence-corrected chi connectivity index (χ3v) is 6.85. The lowest BCUT2D eigenvalue weighted by atomic mass is 10.2. The van der Waals surface area contributed by atoms with Crippen LogP contribution in [0.2, 0.25) is 0 Å². The molecule has 0 aliphatic carbocycles. The Bertz CT molecular complexity index is 1170. The highest BCUT2D eigenvalue weighted by Crippen LogP contribution is 2.34. The molecule has 0 aliphatic heterocycles. The maximum Gasteiger partial charge on any atom is 0.262 e. The summed E-state index contributed by atoms with van der Waals surface area (Å²) in [6.07, 6.45) is 3.28. The summed E-state index contributed by atoms with van der Waals surface area (Å²) in [6, 6.07) is 8.00. The Kier molecular flexibility index (Phi) is 6.43. The number of hydrogen-bond donors (Lipinski definition) is 1. The van der Waals surface area contributed by atoms with Crippen molar-refractivity contribution in [2.24, 2.45) is 0 Å². The summed E-state index contributed by atoms with van der Waals surface area (Å²) in [4.78, 5) is 29.3. The zero-order valence-corrected chi connectivity index (χ0v) is 19.2. The number of fused-ring (bicyclic) bond motifs is 1. The van der Waals surface area contributed by atoms with Crippen LogP contribution in [0.1, 0.15) is 25.8 Å². The zero-order valence-electron chi connectivity index (χ0n) is 17.6. The number of carbonyl (C=O) groups excluding carboxylic acids is 1. The Hall–Kier alpha value is -3.04. The van der Waals surface area contributed by atoms with Gasteiger partial charge in [0.2, 0.25) is 0 Å². The molecule has 0 bridgehead atoms. The molecule has 160 valence electrons. The average molecular weight is 454 g/mol. The molecule has 0 atom stereocenters. The SMILES string of the molecule is Cc1ccc(OCCN(C)c2ncnc3sc(C(=O)NCc4nccs4)c(C)c23)cc1. The first kappa shape index (κ1) is 21.2. The van der Waals surface area contributed by atoms with Crippen LogP contribution in [0.25, 0.3) is 10.2 Å². The Morgan fingerprint density at radius 1 is 1.16 bits per heavy atom. The summed E-state index contributed by atoms with van der Waals surface area (Å²) in [5.41, 5.74) is 2.09. The molecule has 7 nitrogen and oxygen atoms in total. The van der Waals surface area contributed by atoms with E-state index in [1.165, 1.54) is 28.2 Å². The van der Waals surface area contributed by atoms with Gasteiger partial charge in [-0.15, -0.1) is 22.7 Å². The molecule has 0 radical (unpaired) electrons. The van der Waals surface area contributed by atoms with Crippen molar-refractivity contribution < 1.29 is 9.53 Å². The number of thiophene rings is 1. The zero-order chi connectivity index (χ0) is 21.8. The molecule has 4 aromatic rings. The van der Waals surface area contributed by atoms with Crippen molar-refractivity contribution in [3.63, 3.8) is 0 Å². The number of thiazole rings is 1. The molecule has 0 spiro atoms. The Morgan fingerprint density at radius 3 is 2.71 bits per heavy atom. The predicted molar refractivity (Wildman–Crippen MR) is 125 cm³/mol. The second-order valence-electron chi connectivity index (χ2n) is 7.13. The van der Waals surface area contributed by atoms with Crippen LogP contribution in [0, 0.1) is 13.8 Å². The van der Waals surface area contributed by atoms with Crippen molar-refractivity contribution >= 4 is 44.6 Å². The molecule has 1 N–H and O–H groups in total. The molecule has 1 amide bonds. The number of ether oxygens (including phenoxy) is 1. The van der Waals surface area contributed by atoms with Crippen molar-refractivity contribution in [2.75, 3.05) is 25.1 Å². The van der Waals surface area contributed by atoms with E-state index >= 15 is 0 Å². The number of likely N-dealkylation sites (N-methyl/N-ethyl adjacent to an activating group) is 1. The molecular formula is C22H23N5O2S2. The van der Waals surface area contributed by atoms with Gasteiger partial charge in [-0.25, -0.2) is 15.0 Å². The molecular weight excluding hydrogens is 430 g/mol. The molecule has 0 aliphatic rings. The number of carbonyl (C=O) groups is 1. The first-order chi connectivity index (χ1) is 15.0. The van der Waals surface area contributed by atoms with Gasteiger partial charge in [-0.1, -0.05) is 17.7 Å². The third-order valence-electron chi connectivity index (χ3n) is 4.87. The highest BCUT2D eigenvalue weighted by Gasteiger charge is 2.21. The van der Waals surface area contributed by atoms with Crippen molar-refractivity contribution in [2.45, 2.75) is 20.4 Å². The Labute approximate surface area is 188 Å². The molecule has 9 heteroatoms. The normalized spacial score (nSPS) is 10.9. The summed E-state index contributed by atoms with van der Waals surface area (Å²) in [5.74, 6) is 1.52. The predicted octanol–water partition coefficient (Wildman–Crippen LogP) is 4.21. The third kappa shape index (κ3) is 4.83. The number of benzene rings is 1. The van der Waals surface area contributed by atoms with Gasteiger partial charge in [0, 0.05) is 18.6 Å². The van der Waals surface area contributed by atoms with Crippen molar-refractivity contribution in [3.8, 4) is 5.75 Å². The fraction of sp³-hybridized carbons (Fsp3) is 0.273. The molecule has 3 aromatic heterocycles. The number of amides is 1. The molecule has 31 heavy (non-hydrogen) atoms. The second kappa shape index (κ2) is 9.40. The monoisotopic (exact) mass is 453 g/mol. The second-order valence-corrected chi connectivity index (χ2v) is 9.10. The molecule has 0 unspecified atom stereocenters. The van der Waals surface area contributed by atoms with Crippen molar-refractivity contribution in [1.29, 1.82) is 0 Å². The minimum absolute atomic E-state index is 0.119. The summed E-state index contributed by atoms with van der Waals surface area (Å²) in [5, 5.41) is 6.62. The fourth-order valence-corrected chi connectivity index (χ4v) is 4.79. The maximum atomic E-state index is 12.8. The minimum atomic E-state index is -0.119. The molecule has 0 saturated heterocycles. The first-order valence-electron chi connectivity index (χ1n) is 9.84. The number of nitrogens with one attached hydrogen (secondary N) is 1. The van der Waals surface area contributed by atoms with E-state index in [1.54, 1.807) is 12.5 Å². The van der Waals surface area contributed by atoms with E-state index in [0.29, 0.717) is 24.6 Å². The lowest BCUT2D eigenvalue weighted by molar-refractivity contribution is 0.0954. The van der Waals surface area contributed by atoms with E-state index in [9.17, 15) is 4.79 Å². The van der Waals surface area contributed by atoms with E-state index in [-0.39, 0.29) is 5.91 Å². The summed E-state index contributed by atoms with van der Waals surface area (Å²) >= 11 is 2.90. The van der Waals surface area contributed by atoms with Gasteiger partial charge in [0.05, 0.1) is 23.4 Å². The van der Waals surface area contributed by atoms with Gasteiger partial charge >= 0.3 is 0 Å². The molecule has 0 saturated carbocycles. The molecule has 1 aromatic carbocycles. The lowest BCUT2D eigenvalue weighted by Crippen LogP contribution is -2.25. The van der Waals surface area contributed by atoms with Crippen LogP contribution in [-0.2, 0) is 6.54 Å². The van der Waals surface area contributed by atoms with E-state index in [4.69, 9.17) is 4.74 Å². The summed E-state index contributed by atoms with van der Waals surface area (Å²) < 4.78 is 5.85. The van der Waals surface area contributed by atoms with E-state index < -0.39 is 0 Å². The van der Waals surface area contributed by atoms with E-state index in [1.807, 2.05) is 48.5 Å².